The van der Waals surface area contributed by atoms with Crippen molar-refractivity contribution in [3.05, 3.63) is 206 Å². The zero-order valence-electron chi connectivity index (χ0n) is 33.2. The van der Waals surface area contributed by atoms with E-state index in [0.717, 1.165) is 99.1 Å². The molecule has 290 valence electrons. The molecule has 62 heavy (non-hydrogen) atoms. The molecule has 0 atom stereocenters. The summed E-state index contributed by atoms with van der Waals surface area (Å²) in [6.45, 7) is 0. The maximum absolute atomic E-state index is 5.38. The smallest absolute Gasteiger partial charge is 0.161 e. The van der Waals surface area contributed by atoms with Crippen LogP contribution in [0.5, 0.6) is 0 Å². The predicted molar refractivity (Wildman–Crippen MR) is 261 cm³/mol. The molecule has 0 unspecified atom stereocenters. The van der Waals surface area contributed by atoms with Crippen LogP contribution in [0.25, 0.3) is 119 Å². The Morgan fingerprint density at radius 3 is 1.15 bits per heavy atom. The first-order valence-corrected chi connectivity index (χ1v) is 22.2. The average Bonchev–Trinajstić information content (AvgIpc) is 3.93. The monoisotopic (exact) mass is 826 g/mol. The lowest BCUT2D eigenvalue weighted by atomic mass is 9.92. The number of hydrogen-bond donors (Lipinski definition) is 0. The highest BCUT2D eigenvalue weighted by Gasteiger charge is 2.20. The third-order valence-corrected chi connectivity index (χ3v) is 13.6. The van der Waals surface area contributed by atoms with E-state index in [4.69, 9.17) is 19.9 Å². The third-order valence-electron chi connectivity index (χ3n) is 11.5. The van der Waals surface area contributed by atoms with Crippen molar-refractivity contribution in [3.63, 3.8) is 0 Å². The van der Waals surface area contributed by atoms with E-state index in [1.54, 1.807) is 22.7 Å². The molecule has 0 saturated heterocycles. The second-order valence-corrected chi connectivity index (χ2v) is 17.5. The number of rotatable bonds is 7. The van der Waals surface area contributed by atoms with Crippen molar-refractivity contribution >= 4 is 63.3 Å². The summed E-state index contributed by atoms with van der Waals surface area (Å²) in [4.78, 5) is 22.9. The number of nitrogens with zero attached hydrogens (tertiary/aromatic N) is 4. The number of thiophene rings is 2. The maximum atomic E-state index is 5.38. The van der Waals surface area contributed by atoms with Gasteiger partial charge in [-0.05, 0) is 75.8 Å². The van der Waals surface area contributed by atoms with Crippen molar-refractivity contribution in [2.24, 2.45) is 0 Å². The highest BCUT2D eigenvalue weighted by molar-refractivity contribution is 7.26. The van der Waals surface area contributed by atoms with Crippen molar-refractivity contribution < 1.29 is 0 Å². The van der Waals surface area contributed by atoms with Gasteiger partial charge in [-0.15, -0.1) is 22.7 Å². The fraction of sp³-hybridized carbons (Fsp3) is 0. The summed E-state index contributed by atoms with van der Waals surface area (Å²) < 4.78 is 2.40. The van der Waals surface area contributed by atoms with Gasteiger partial charge in [0.15, 0.2) is 11.6 Å². The van der Waals surface area contributed by atoms with Crippen LogP contribution in [0.15, 0.2) is 206 Å². The van der Waals surface area contributed by atoms with Crippen molar-refractivity contribution in [2.75, 3.05) is 0 Å². The second kappa shape index (κ2) is 15.1. The summed E-state index contributed by atoms with van der Waals surface area (Å²) in [5.41, 5.74) is 12.7. The molecule has 0 amide bonds. The molecule has 4 heterocycles. The molecule has 4 nitrogen and oxygen atoms in total. The lowest BCUT2D eigenvalue weighted by Gasteiger charge is -2.14. The molecule has 0 aliphatic carbocycles. The van der Waals surface area contributed by atoms with Crippen molar-refractivity contribution in [1.82, 2.24) is 19.9 Å². The quantitative estimate of drug-likeness (QED) is 0.161. The van der Waals surface area contributed by atoms with E-state index in [1.165, 1.54) is 20.2 Å². The Morgan fingerprint density at radius 2 is 0.613 bits per heavy atom. The zero-order valence-corrected chi connectivity index (χ0v) is 34.9. The van der Waals surface area contributed by atoms with Gasteiger partial charge in [0.05, 0.1) is 11.4 Å². The van der Waals surface area contributed by atoms with Crippen LogP contribution in [-0.4, -0.2) is 19.9 Å². The van der Waals surface area contributed by atoms with Crippen molar-refractivity contribution in [2.45, 2.75) is 0 Å². The third kappa shape index (κ3) is 6.45. The van der Waals surface area contributed by atoms with Gasteiger partial charge in [-0.2, -0.15) is 0 Å². The molecular formula is C56H34N4S2. The largest absolute Gasteiger partial charge is 0.227 e. The summed E-state index contributed by atoms with van der Waals surface area (Å²) in [6, 6.07) is 72.9. The van der Waals surface area contributed by atoms with Gasteiger partial charge >= 0.3 is 0 Å². The van der Waals surface area contributed by atoms with Gasteiger partial charge in [-0.25, -0.2) is 19.9 Å². The van der Waals surface area contributed by atoms with Gasteiger partial charge in [0.1, 0.15) is 9.66 Å². The molecule has 0 radical (unpaired) electrons. The van der Waals surface area contributed by atoms with Gasteiger partial charge < -0.3 is 0 Å². The van der Waals surface area contributed by atoms with Crippen LogP contribution in [0.2, 0.25) is 0 Å². The van der Waals surface area contributed by atoms with E-state index >= 15 is 0 Å². The van der Waals surface area contributed by atoms with Crippen LogP contribution in [-0.2, 0) is 0 Å². The Balaban J connectivity index is 1.02. The Bertz CT molecular complexity index is 3630. The maximum Gasteiger partial charge on any atom is 0.161 e. The van der Waals surface area contributed by atoms with E-state index in [2.05, 4.69) is 170 Å². The van der Waals surface area contributed by atoms with E-state index in [9.17, 15) is 0 Å². The van der Waals surface area contributed by atoms with E-state index in [1.807, 2.05) is 36.4 Å². The first-order chi connectivity index (χ1) is 30.7. The molecule has 0 saturated carbocycles. The van der Waals surface area contributed by atoms with Crippen LogP contribution in [0.4, 0.5) is 0 Å². The predicted octanol–water partition coefficient (Wildman–Crippen LogP) is 15.7. The Morgan fingerprint density at radius 1 is 0.258 bits per heavy atom. The Labute approximate surface area is 366 Å². The van der Waals surface area contributed by atoms with Gasteiger partial charge in [-0.3, -0.25) is 0 Å². The average molecular weight is 827 g/mol. The molecule has 8 aromatic carbocycles. The molecule has 6 heteroatoms. The topological polar surface area (TPSA) is 51.6 Å². The number of benzene rings is 8. The molecular weight excluding hydrogens is 793 g/mol. The number of hydrogen-bond acceptors (Lipinski definition) is 6. The summed E-state index contributed by atoms with van der Waals surface area (Å²) in [5, 5.41) is 4.52. The molecule has 12 aromatic rings. The van der Waals surface area contributed by atoms with Crippen LogP contribution in [0.1, 0.15) is 0 Å². The lowest BCUT2D eigenvalue weighted by molar-refractivity contribution is 1.24. The first kappa shape index (κ1) is 36.2. The first-order valence-electron chi connectivity index (χ1n) is 20.6. The molecule has 0 bridgehead atoms. The van der Waals surface area contributed by atoms with Crippen LogP contribution >= 0.6 is 22.7 Å². The second-order valence-electron chi connectivity index (χ2n) is 15.4. The molecule has 0 fully saturated rings. The highest BCUT2D eigenvalue weighted by Crippen LogP contribution is 2.43. The SMILES string of the molecule is c1ccc(-c2cc(-c3cccc(-c4cccc(-c5nc(-c6ccccc6)nc6sc7ccccc7c56)c4)c3)cc(-c3nc(-c4ccccc4)nc4sc5ccccc5c34)c2)cc1. The van der Waals surface area contributed by atoms with Crippen LogP contribution in [0.3, 0.4) is 0 Å². The van der Waals surface area contributed by atoms with Crippen molar-refractivity contribution in [3.8, 4) is 78.7 Å². The standard InChI is InChI=1S/C56H34N4S2/c1-4-16-35(17-5-1)42-32-43(34-44(33-42)52-50-46-27-11-13-29-48(46)62-56(50)60-54(58-52)37-20-8-3-9-21-37)40-24-14-22-38(30-40)39-23-15-25-41(31-39)51-49-45-26-10-12-28-47(45)61-55(49)59-53(57-51)36-18-6-2-7-19-36/h1-34H. The lowest BCUT2D eigenvalue weighted by Crippen LogP contribution is -1.95. The molecule has 0 aliphatic heterocycles. The summed E-state index contributed by atoms with van der Waals surface area (Å²) in [7, 11) is 0. The fourth-order valence-corrected chi connectivity index (χ4v) is 10.7. The fourth-order valence-electron chi connectivity index (χ4n) is 8.55. The van der Waals surface area contributed by atoms with Gasteiger partial charge in [-0.1, -0.05) is 164 Å². The summed E-state index contributed by atoms with van der Waals surface area (Å²) in [6.07, 6.45) is 0. The van der Waals surface area contributed by atoms with E-state index in [0.29, 0.717) is 0 Å². The molecule has 0 N–H and O–H groups in total. The normalized spacial score (nSPS) is 11.5. The van der Waals surface area contributed by atoms with E-state index < -0.39 is 0 Å². The minimum absolute atomic E-state index is 0.723. The van der Waals surface area contributed by atoms with Gasteiger partial charge in [0, 0.05) is 53.2 Å². The molecule has 0 aliphatic rings. The summed E-state index contributed by atoms with van der Waals surface area (Å²) >= 11 is 3.44. The van der Waals surface area contributed by atoms with E-state index in [-0.39, 0.29) is 0 Å². The number of aromatic nitrogens is 4. The Hall–Kier alpha value is -7.64. The highest BCUT2D eigenvalue weighted by atomic mass is 32.1. The Kier molecular flexibility index (Phi) is 8.84. The number of fused-ring (bicyclic) bond motifs is 6. The summed E-state index contributed by atoms with van der Waals surface area (Å²) in [5.74, 6) is 1.45. The zero-order chi connectivity index (χ0) is 41.0. The molecule has 0 spiro atoms. The van der Waals surface area contributed by atoms with Crippen LogP contribution in [0, 0.1) is 0 Å². The molecule has 4 aromatic heterocycles. The van der Waals surface area contributed by atoms with Crippen molar-refractivity contribution in [1.29, 1.82) is 0 Å². The van der Waals surface area contributed by atoms with Crippen LogP contribution < -0.4 is 0 Å². The van der Waals surface area contributed by atoms with Gasteiger partial charge in [0.25, 0.3) is 0 Å². The molecule has 12 rings (SSSR count). The minimum Gasteiger partial charge on any atom is -0.227 e. The van der Waals surface area contributed by atoms with Gasteiger partial charge in [0.2, 0.25) is 0 Å². The minimum atomic E-state index is 0.723.